The van der Waals surface area contributed by atoms with Crippen LogP contribution in [0, 0.1) is 50.4 Å². The van der Waals surface area contributed by atoms with Gasteiger partial charge in [0.2, 0.25) is 0 Å². The molecule has 13 aromatic carbocycles. The number of anilines is 4. The maximum atomic E-state index is 12.1. The average Bonchev–Trinajstić information content (AvgIpc) is 1.65. The average molecular weight is 1200 g/mol. The van der Waals surface area contributed by atoms with Crippen molar-refractivity contribution < 1.29 is 0 Å². The van der Waals surface area contributed by atoms with E-state index >= 15 is 0 Å². The monoisotopic (exact) mass is 1200 g/mol. The van der Waals surface area contributed by atoms with Crippen LogP contribution in [0.25, 0.3) is 44.2 Å². The second-order valence-corrected chi connectivity index (χ2v) is 27.2. The second-order valence-electron chi connectivity index (χ2n) is 25.0. The van der Waals surface area contributed by atoms with Gasteiger partial charge in [-0.1, -0.05) is 223 Å². The van der Waals surface area contributed by atoms with Crippen LogP contribution in [0.5, 0.6) is 0 Å². The summed E-state index contributed by atoms with van der Waals surface area (Å²) < 4.78 is 0. The molecule has 3 aliphatic carbocycles. The van der Waals surface area contributed by atoms with E-state index in [0.717, 1.165) is 125 Å². The quantitative estimate of drug-likeness (QED) is 0.171. The number of rotatable bonds is 5. The summed E-state index contributed by atoms with van der Waals surface area (Å²) in [5.74, 6) is 0. The van der Waals surface area contributed by atoms with Crippen molar-refractivity contribution in [3.8, 4) is 45.5 Å². The van der Waals surface area contributed by atoms with Gasteiger partial charge in [-0.25, -0.2) is 0 Å². The summed E-state index contributed by atoms with van der Waals surface area (Å²) in [6.07, 6.45) is 0. The minimum Gasteiger partial charge on any atom is -0.321 e. The third-order valence-corrected chi connectivity index (χ3v) is 22.6. The minimum absolute atomic E-state index is 0.583. The number of nitriles is 2. The van der Waals surface area contributed by atoms with E-state index in [1.165, 1.54) is 38.9 Å². The van der Waals surface area contributed by atoms with Crippen LogP contribution >= 0.6 is 23.5 Å². The standard InChI is InChI=1S/C85H56N4S2/c1-51-42-53(3)80-57(43-51)45-55(49-86)46-71(80)85(89-74-34-15-19-38-78(74)91-79-39-20-16-35-75(79)89)81-52(2)22-21-25-63(81)64-48-56(44-54(4)82(64)85)60-41-40-59(47-58(60)50-87)84(88-72-32-13-17-36-76(72)90-77-37-18-14-33-73(77)88)69-30-11-9-28-67(69)83(68-29-10-12-31-70(68)84)65-26-7-5-23-61(65)62-24-6-8-27-66(62)83/h5-48H,1-4H3. The first kappa shape index (κ1) is 53.4. The molecule has 91 heavy (non-hydrogen) atoms. The molecule has 0 radical (unpaired) electrons. The molecular weight excluding hydrogens is 1140 g/mol. The van der Waals surface area contributed by atoms with E-state index in [1.807, 2.05) is 11.8 Å². The molecule has 6 heteroatoms. The number of benzene rings is 13. The highest BCUT2D eigenvalue weighted by atomic mass is 32.2. The van der Waals surface area contributed by atoms with Crippen LogP contribution in [-0.2, 0) is 16.5 Å². The topological polar surface area (TPSA) is 54.1 Å². The lowest BCUT2D eigenvalue weighted by Crippen LogP contribution is -2.53. The maximum Gasteiger partial charge on any atom is 0.123 e. The summed E-state index contributed by atoms with van der Waals surface area (Å²) in [6.45, 7) is 8.90. The Labute approximate surface area is 539 Å². The molecule has 1 spiro atoms. The summed E-state index contributed by atoms with van der Waals surface area (Å²) in [5.41, 5.74) is 25.6. The molecule has 1 unspecified atom stereocenters. The summed E-state index contributed by atoms with van der Waals surface area (Å²) >= 11 is 3.62. The zero-order chi connectivity index (χ0) is 61.1. The third kappa shape index (κ3) is 7.01. The number of hydrogen-bond donors (Lipinski definition) is 0. The van der Waals surface area contributed by atoms with Gasteiger partial charge < -0.3 is 9.80 Å². The first-order valence-corrected chi connectivity index (χ1v) is 32.8. The fraction of sp³-hybridized carbons (Fsp3) is 0.0824. The van der Waals surface area contributed by atoms with Gasteiger partial charge in [-0.3, -0.25) is 0 Å². The molecule has 0 bridgehead atoms. The van der Waals surface area contributed by atoms with Gasteiger partial charge in [-0.2, -0.15) is 10.5 Å². The van der Waals surface area contributed by atoms with E-state index in [9.17, 15) is 10.5 Å². The molecule has 0 amide bonds. The van der Waals surface area contributed by atoms with Crippen LogP contribution in [0.3, 0.4) is 0 Å². The van der Waals surface area contributed by atoms with E-state index in [0.29, 0.717) is 11.1 Å². The Kier molecular flexibility index (Phi) is 11.6. The molecule has 0 aromatic heterocycles. The lowest BCUT2D eigenvalue weighted by Gasteiger charge is -2.55. The third-order valence-electron chi connectivity index (χ3n) is 20.3. The normalized spacial score (nSPS) is 16.0. The van der Waals surface area contributed by atoms with Gasteiger partial charge in [-0.05, 0) is 217 Å². The molecule has 5 aliphatic rings. The van der Waals surface area contributed by atoms with Crippen molar-refractivity contribution in [1.29, 1.82) is 10.5 Å². The highest BCUT2D eigenvalue weighted by molar-refractivity contribution is 8.00. The fourth-order valence-electron chi connectivity index (χ4n) is 17.3. The molecule has 18 rings (SSSR count). The van der Waals surface area contributed by atoms with Gasteiger partial charge in [-0.15, -0.1) is 0 Å². The Morgan fingerprint density at radius 3 is 1.37 bits per heavy atom. The number of hydrogen-bond acceptors (Lipinski definition) is 6. The molecule has 1 atom stereocenters. The van der Waals surface area contributed by atoms with Crippen molar-refractivity contribution >= 4 is 57.0 Å². The van der Waals surface area contributed by atoms with Crippen LogP contribution in [0.2, 0.25) is 0 Å². The van der Waals surface area contributed by atoms with Gasteiger partial charge in [0.1, 0.15) is 11.1 Å². The molecule has 428 valence electrons. The Morgan fingerprint density at radius 2 is 0.824 bits per heavy atom. The van der Waals surface area contributed by atoms with E-state index < -0.39 is 16.5 Å². The zero-order valence-corrected chi connectivity index (χ0v) is 52.1. The molecule has 13 aromatic rings. The molecule has 2 aliphatic heterocycles. The summed E-state index contributed by atoms with van der Waals surface area (Å²) in [5, 5.41) is 25.4. The van der Waals surface area contributed by atoms with E-state index in [4.69, 9.17) is 0 Å². The van der Waals surface area contributed by atoms with Crippen molar-refractivity contribution in [2.24, 2.45) is 0 Å². The first-order valence-electron chi connectivity index (χ1n) is 31.2. The lowest BCUT2D eigenvalue weighted by atomic mass is 9.55. The molecule has 2 heterocycles. The molecule has 0 saturated heterocycles. The van der Waals surface area contributed by atoms with Gasteiger partial charge in [0, 0.05) is 19.6 Å². The van der Waals surface area contributed by atoms with Gasteiger partial charge in [0.15, 0.2) is 0 Å². The maximum absolute atomic E-state index is 12.1. The van der Waals surface area contributed by atoms with Crippen molar-refractivity contribution in [1.82, 2.24) is 0 Å². The van der Waals surface area contributed by atoms with E-state index in [-0.39, 0.29) is 0 Å². The lowest BCUT2D eigenvalue weighted by molar-refractivity contribution is 0.553. The fourth-order valence-corrected chi connectivity index (χ4v) is 19.4. The molecule has 0 N–H and O–H groups in total. The Balaban J connectivity index is 0.927. The highest BCUT2D eigenvalue weighted by Gasteiger charge is 2.60. The van der Waals surface area contributed by atoms with E-state index in [2.05, 4.69) is 317 Å². The summed E-state index contributed by atoms with van der Waals surface area (Å²) in [6, 6.07) is 104. The van der Waals surface area contributed by atoms with Crippen molar-refractivity contribution in [3.63, 3.8) is 0 Å². The van der Waals surface area contributed by atoms with Crippen LogP contribution in [0.15, 0.2) is 287 Å². The summed E-state index contributed by atoms with van der Waals surface area (Å²) in [4.78, 5) is 9.88. The van der Waals surface area contributed by atoms with Crippen LogP contribution in [0.4, 0.5) is 22.7 Å². The molecule has 4 nitrogen and oxygen atoms in total. The number of aryl methyl sites for hydroxylation is 4. The van der Waals surface area contributed by atoms with Crippen LogP contribution in [-0.4, -0.2) is 0 Å². The van der Waals surface area contributed by atoms with Crippen LogP contribution in [0.1, 0.15) is 89.0 Å². The Morgan fingerprint density at radius 1 is 0.341 bits per heavy atom. The zero-order valence-electron chi connectivity index (χ0n) is 50.5. The van der Waals surface area contributed by atoms with Gasteiger partial charge in [0.25, 0.3) is 0 Å². The van der Waals surface area contributed by atoms with Crippen LogP contribution < -0.4 is 9.80 Å². The smallest absolute Gasteiger partial charge is 0.123 e. The van der Waals surface area contributed by atoms with Crippen molar-refractivity contribution in [2.75, 3.05) is 9.80 Å². The minimum atomic E-state index is -1.02. The molecule has 0 saturated carbocycles. The van der Waals surface area contributed by atoms with E-state index in [1.54, 1.807) is 11.8 Å². The Bertz CT molecular complexity index is 5260. The summed E-state index contributed by atoms with van der Waals surface area (Å²) in [7, 11) is 0. The largest absolute Gasteiger partial charge is 0.321 e. The highest BCUT2D eigenvalue weighted by Crippen LogP contribution is 2.68. The Hall–Kier alpha value is -10.6. The molecular formula is C85H56N4S2. The number of fused-ring (bicyclic) bond motifs is 17. The first-order chi connectivity index (χ1) is 44.7. The number of para-hydroxylation sites is 4. The number of nitrogens with zero attached hydrogens (tertiary/aromatic N) is 4. The molecule has 0 fully saturated rings. The van der Waals surface area contributed by atoms with Crippen molar-refractivity contribution in [3.05, 3.63) is 356 Å². The second kappa shape index (κ2) is 19.7. The van der Waals surface area contributed by atoms with Crippen molar-refractivity contribution in [2.45, 2.75) is 63.8 Å². The predicted molar refractivity (Wildman–Crippen MR) is 371 cm³/mol. The van der Waals surface area contributed by atoms with Gasteiger partial charge >= 0.3 is 0 Å². The SMILES string of the molecule is Cc1cc(C)c2c(C3(N4c5ccccc5Sc5ccccc54)c4c(C)cccc4-c4cc(-c5ccc(C6(N7c8ccccc8Sc8ccccc87)c7ccccc7C7(c8ccccc8-c8ccccc87)c7ccccc76)cc5C#N)cc(C)c43)cc(C#N)cc2c1. The van der Waals surface area contributed by atoms with Gasteiger partial charge in [0.05, 0.1) is 51.4 Å². The predicted octanol–water partition coefficient (Wildman–Crippen LogP) is 21.3.